The molecule has 1 aliphatic rings. The number of carbonyl (C=O) groups excluding carboxylic acids is 2. The first-order valence-corrected chi connectivity index (χ1v) is 10.8. The molecule has 0 radical (unpaired) electrons. The number of nitrogens with one attached hydrogen (secondary N) is 2. The molecule has 7 nitrogen and oxygen atoms in total. The van der Waals surface area contributed by atoms with Gasteiger partial charge in [0.05, 0.1) is 11.3 Å². The summed E-state index contributed by atoms with van der Waals surface area (Å²) in [5.41, 5.74) is 0.956. The second-order valence-corrected chi connectivity index (χ2v) is 8.70. The zero-order valence-electron chi connectivity index (χ0n) is 15.9. The van der Waals surface area contributed by atoms with E-state index in [1.165, 1.54) is 25.5 Å². The maximum atomic E-state index is 12.1. The van der Waals surface area contributed by atoms with Gasteiger partial charge in [0.15, 0.2) is 6.10 Å². The summed E-state index contributed by atoms with van der Waals surface area (Å²) >= 11 is 0. The summed E-state index contributed by atoms with van der Waals surface area (Å²) in [5, 5.41) is 2.90. The van der Waals surface area contributed by atoms with Gasteiger partial charge in [0.25, 0.3) is 5.91 Å². The van der Waals surface area contributed by atoms with E-state index in [1.807, 2.05) is 6.92 Å². The maximum absolute atomic E-state index is 12.1. The molecule has 1 amide bonds. The normalized spacial score (nSPS) is 16.5. The van der Waals surface area contributed by atoms with Crippen LogP contribution in [0.5, 0.6) is 0 Å². The van der Waals surface area contributed by atoms with E-state index in [2.05, 4.69) is 10.0 Å². The van der Waals surface area contributed by atoms with E-state index in [0.29, 0.717) is 0 Å². The number of aryl methyl sites for hydroxylation is 1. The molecule has 0 aromatic heterocycles. The van der Waals surface area contributed by atoms with Gasteiger partial charge in [-0.2, -0.15) is 0 Å². The Morgan fingerprint density at radius 2 is 1.78 bits per heavy atom. The van der Waals surface area contributed by atoms with Crippen LogP contribution in [0, 0.1) is 6.92 Å². The summed E-state index contributed by atoms with van der Waals surface area (Å²) in [4.78, 5) is 24.1. The molecule has 8 heteroatoms. The van der Waals surface area contributed by atoms with E-state index in [9.17, 15) is 18.0 Å². The van der Waals surface area contributed by atoms with E-state index in [1.54, 1.807) is 12.1 Å². The SMILES string of the molecule is Cc1ccc(S(=O)(=O)NCCC(=O)OC(C)C(=O)NC2CCCCC2)cc1. The molecule has 0 saturated heterocycles. The summed E-state index contributed by atoms with van der Waals surface area (Å²) in [6.07, 6.45) is 4.25. The Morgan fingerprint density at radius 1 is 1.15 bits per heavy atom. The number of carbonyl (C=O) groups is 2. The molecule has 1 aliphatic carbocycles. The molecule has 1 unspecified atom stereocenters. The monoisotopic (exact) mass is 396 g/mol. The minimum Gasteiger partial charge on any atom is -0.453 e. The van der Waals surface area contributed by atoms with Gasteiger partial charge in [-0.05, 0) is 38.8 Å². The van der Waals surface area contributed by atoms with Crippen LogP contribution in [0.4, 0.5) is 0 Å². The molecule has 2 rings (SSSR count). The second-order valence-electron chi connectivity index (χ2n) is 6.94. The van der Waals surface area contributed by atoms with Gasteiger partial charge in [-0.3, -0.25) is 9.59 Å². The Hall–Kier alpha value is -1.93. The van der Waals surface area contributed by atoms with Gasteiger partial charge in [0.2, 0.25) is 10.0 Å². The van der Waals surface area contributed by atoms with Gasteiger partial charge in [-0.15, -0.1) is 0 Å². The van der Waals surface area contributed by atoms with Crippen molar-refractivity contribution in [1.82, 2.24) is 10.0 Å². The molecule has 0 bridgehead atoms. The van der Waals surface area contributed by atoms with Gasteiger partial charge < -0.3 is 10.1 Å². The molecule has 1 atom stereocenters. The first-order chi connectivity index (χ1) is 12.8. The second kappa shape index (κ2) is 9.85. The van der Waals surface area contributed by atoms with Crippen molar-refractivity contribution in [2.75, 3.05) is 6.54 Å². The van der Waals surface area contributed by atoms with E-state index in [-0.39, 0.29) is 29.8 Å². The molecule has 0 spiro atoms. The van der Waals surface area contributed by atoms with Gasteiger partial charge in [-0.25, -0.2) is 13.1 Å². The van der Waals surface area contributed by atoms with Crippen LogP contribution in [0.1, 0.15) is 51.0 Å². The molecule has 0 heterocycles. The quantitative estimate of drug-likeness (QED) is 0.655. The topological polar surface area (TPSA) is 102 Å². The van der Waals surface area contributed by atoms with Crippen molar-refractivity contribution in [3.05, 3.63) is 29.8 Å². The predicted molar refractivity (Wildman–Crippen MR) is 102 cm³/mol. The van der Waals surface area contributed by atoms with Crippen molar-refractivity contribution < 1.29 is 22.7 Å². The molecule has 2 N–H and O–H groups in total. The summed E-state index contributed by atoms with van der Waals surface area (Å²) in [6, 6.07) is 6.57. The smallest absolute Gasteiger partial charge is 0.307 e. The number of hydrogen-bond acceptors (Lipinski definition) is 5. The predicted octanol–water partition coefficient (Wildman–Crippen LogP) is 2.04. The minimum atomic E-state index is -3.67. The summed E-state index contributed by atoms with van der Waals surface area (Å²) < 4.78 is 31.8. The lowest BCUT2D eigenvalue weighted by atomic mass is 9.95. The van der Waals surface area contributed by atoms with E-state index in [0.717, 1.165) is 31.2 Å². The largest absolute Gasteiger partial charge is 0.453 e. The average Bonchev–Trinajstić information content (AvgIpc) is 2.62. The van der Waals surface area contributed by atoms with Crippen LogP contribution in [-0.4, -0.2) is 39.0 Å². The fourth-order valence-electron chi connectivity index (χ4n) is 2.96. The van der Waals surface area contributed by atoms with Gasteiger partial charge >= 0.3 is 5.97 Å². The fourth-order valence-corrected chi connectivity index (χ4v) is 4.00. The molecule has 1 saturated carbocycles. The molecule has 1 aromatic carbocycles. The third-order valence-corrected chi connectivity index (χ3v) is 6.06. The lowest BCUT2D eigenvalue weighted by Crippen LogP contribution is -2.43. The van der Waals surface area contributed by atoms with Gasteiger partial charge in [-0.1, -0.05) is 37.0 Å². The number of ether oxygens (including phenoxy) is 1. The Bertz CT molecular complexity index is 740. The standard InChI is InChI=1S/C19H28N2O5S/c1-14-8-10-17(11-9-14)27(24,25)20-13-12-18(22)26-15(2)19(23)21-16-6-4-3-5-7-16/h8-11,15-16,20H,3-7,12-13H2,1-2H3,(H,21,23). The lowest BCUT2D eigenvalue weighted by Gasteiger charge is -2.24. The first kappa shape index (κ1) is 21.4. The molecule has 150 valence electrons. The van der Waals surface area contributed by atoms with E-state index in [4.69, 9.17) is 4.74 Å². The highest BCUT2D eigenvalue weighted by Gasteiger charge is 2.22. The average molecular weight is 397 g/mol. The fraction of sp³-hybridized carbons (Fsp3) is 0.579. The Balaban J connectivity index is 1.73. The zero-order valence-corrected chi connectivity index (χ0v) is 16.7. The Labute approximate surface area is 160 Å². The van der Waals surface area contributed by atoms with Crippen LogP contribution in [0.3, 0.4) is 0 Å². The van der Waals surface area contributed by atoms with Crippen molar-refractivity contribution in [2.45, 2.75) is 69.4 Å². The molecule has 0 aliphatic heterocycles. The van der Waals surface area contributed by atoms with Crippen LogP contribution in [0.15, 0.2) is 29.2 Å². The number of benzene rings is 1. The summed E-state index contributed by atoms with van der Waals surface area (Å²) in [7, 11) is -3.67. The molecular formula is C19H28N2O5S. The molecule has 1 aromatic rings. The zero-order chi connectivity index (χ0) is 19.9. The van der Waals surface area contributed by atoms with Crippen molar-refractivity contribution in [2.24, 2.45) is 0 Å². The molecule has 27 heavy (non-hydrogen) atoms. The van der Waals surface area contributed by atoms with Crippen molar-refractivity contribution in [3.63, 3.8) is 0 Å². The molecule has 1 fully saturated rings. The van der Waals surface area contributed by atoms with Crippen LogP contribution in [0.2, 0.25) is 0 Å². The van der Waals surface area contributed by atoms with Gasteiger partial charge in [0.1, 0.15) is 0 Å². The Kier molecular flexibility index (Phi) is 7.79. The third-order valence-electron chi connectivity index (χ3n) is 4.58. The third kappa shape index (κ3) is 6.95. The lowest BCUT2D eigenvalue weighted by molar-refractivity contribution is -0.155. The number of rotatable bonds is 8. The Morgan fingerprint density at radius 3 is 2.41 bits per heavy atom. The maximum Gasteiger partial charge on any atom is 0.307 e. The summed E-state index contributed by atoms with van der Waals surface area (Å²) in [6.45, 7) is 3.30. The van der Waals surface area contributed by atoms with Crippen LogP contribution < -0.4 is 10.0 Å². The minimum absolute atomic E-state index is 0.0913. The van der Waals surface area contributed by atoms with E-state index >= 15 is 0 Å². The summed E-state index contributed by atoms with van der Waals surface area (Å²) in [5.74, 6) is -0.927. The van der Waals surface area contributed by atoms with Crippen LogP contribution >= 0.6 is 0 Å². The van der Waals surface area contributed by atoms with Crippen LogP contribution in [0.25, 0.3) is 0 Å². The van der Waals surface area contributed by atoms with E-state index < -0.39 is 22.1 Å². The number of amides is 1. The first-order valence-electron chi connectivity index (χ1n) is 9.34. The highest BCUT2D eigenvalue weighted by atomic mass is 32.2. The van der Waals surface area contributed by atoms with Crippen molar-refractivity contribution in [3.8, 4) is 0 Å². The number of esters is 1. The molecular weight excluding hydrogens is 368 g/mol. The highest BCUT2D eigenvalue weighted by Crippen LogP contribution is 2.17. The number of sulfonamides is 1. The van der Waals surface area contributed by atoms with Crippen molar-refractivity contribution >= 4 is 21.9 Å². The van der Waals surface area contributed by atoms with Crippen molar-refractivity contribution in [1.29, 1.82) is 0 Å². The van der Waals surface area contributed by atoms with Gasteiger partial charge in [0, 0.05) is 12.6 Å². The van der Waals surface area contributed by atoms with Crippen LogP contribution in [-0.2, 0) is 24.3 Å². The number of hydrogen-bond donors (Lipinski definition) is 2. The highest BCUT2D eigenvalue weighted by molar-refractivity contribution is 7.89.